The van der Waals surface area contributed by atoms with Crippen LogP contribution in [0.4, 0.5) is 0 Å². The molecule has 0 saturated carbocycles. The Morgan fingerprint density at radius 2 is 1.69 bits per heavy atom. The lowest BCUT2D eigenvalue weighted by Crippen LogP contribution is -2.60. The number of fused-ring (bicyclic) bond motifs is 2. The summed E-state index contributed by atoms with van der Waals surface area (Å²) in [6, 6.07) is -0.329. The molecular formula is C41H69NO12. The van der Waals surface area contributed by atoms with Gasteiger partial charge >= 0.3 is 5.97 Å². The van der Waals surface area contributed by atoms with Crippen molar-refractivity contribution in [1.82, 2.24) is 4.90 Å². The number of aliphatic hydroxyl groups excluding tert-OH is 3. The molecule has 3 fully saturated rings. The highest BCUT2D eigenvalue weighted by Crippen LogP contribution is 2.48. The smallest absolute Gasteiger partial charge is 0.311 e. The van der Waals surface area contributed by atoms with Crippen LogP contribution in [-0.2, 0) is 38.0 Å². The average molecular weight is 768 g/mol. The Morgan fingerprint density at radius 1 is 1.06 bits per heavy atom. The van der Waals surface area contributed by atoms with E-state index < -0.39 is 95.8 Å². The van der Waals surface area contributed by atoms with Crippen molar-refractivity contribution in [2.45, 2.75) is 179 Å². The van der Waals surface area contributed by atoms with Crippen molar-refractivity contribution in [1.29, 1.82) is 0 Å². The Morgan fingerprint density at radius 3 is 2.26 bits per heavy atom. The van der Waals surface area contributed by atoms with Crippen LogP contribution < -0.4 is 0 Å². The molecule has 4 rings (SSSR count). The summed E-state index contributed by atoms with van der Waals surface area (Å²) >= 11 is 0. The molecule has 0 aliphatic carbocycles. The largest absolute Gasteiger partial charge is 0.488 e. The van der Waals surface area contributed by atoms with Gasteiger partial charge in [-0.15, -0.1) is 13.2 Å². The van der Waals surface area contributed by atoms with Crippen LogP contribution in [0.15, 0.2) is 36.6 Å². The summed E-state index contributed by atoms with van der Waals surface area (Å²) < 4.78 is 45.2. The van der Waals surface area contributed by atoms with Gasteiger partial charge in [-0.05, 0) is 66.9 Å². The maximum atomic E-state index is 14.4. The Labute approximate surface area is 322 Å². The third-order valence-electron chi connectivity index (χ3n) is 12.5. The maximum Gasteiger partial charge on any atom is 0.311 e. The molecule has 2 bridgehead atoms. The zero-order valence-electron chi connectivity index (χ0n) is 34.4. The monoisotopic (exact) mass is 767 g/mol. The number of carbonyl (C=O) groups excluding carboxylic acids is 1. The number of esters is 1. The molecule has 13 heteroatoms. The number of nitrogens with zero attached hydrogens (tertiary/aromatic N) is 1. The number of methoxy groups -OCH3 is 1. The number of rotatable bonds is 13. The van der Waals surface area contributed by atoms with Crippen molar-refractivity contribution < 1.29 is 58.4 Å². The van der Waals surface area contributed by atoms with Gasteiger partial charge in [-0.2, -0.15) is 0 Å². The molecule has 0 aromatic carbocycles. The van der Waals surface area contributed by atoms with Crippen LogP contribution in [0.5, 0.6) is 0 Å². The zero-order chi connectivity index (χ0) is 40.5. The average Bonchev–Trinajstić information content (AvgIpc) is 3.43. The van der Waals surface area contributed by atoms with Crippen LogP contribution in [0, 0.1) is 17.8 Å². The molecule has 13 nitrogen and oxygen atoms in total. The van der Waals surface area contributed by atoms with Gasteiger partial charge in [-0.1, -0.05) is 32.9 Å². The van der Waals surface area contributed by atoms with E-state index in [0.29, 0.717) is 31.7 Å². The molecule has 4 heterocycles. The van der Waals surface area contributed by atoms with Crippen LogP contribution in [0.2, 0.25) is 0 Å². The van der Waals surface area contributed by atoms with Gasteiger partial charge in [-0.25, -0.2) is 0 Å². The van der Waals surface area contributed by atoms with Gasteiger partial charge in [0, 0.05) is 45.0 Å². The van der Waals surface area contributed by atoms with Gasteiger partial charge < -0.3 is 53.6 Å². The summed E-state index contributed by atoms with van der Waals surface area (Å²) in [5.74, 6) is -2.36. The second-order valence-electron chi connectivity index (χ2n) is 16.9. The molecule has 0 radical (unpaired) electrons. The van der Waals surface area contributed by atoms with E-state index >= 15 is 0 Å². The molecular weight excluding hydrogens is 698 g/mol. The summed E-state index contributed by atoms with van der Waals surface area (Å²) in [7, 11) is 1.52. The Balaban J connectivity index is 1.83. The first kappa shape index (κ1) is 44.8. The van der Waals surface area contributed by atoms with Crippen LogP contribution in [-0.4, -0.2) is 136 Å². The minimum atomic E-state index is -1.84. The fourth-order valence-corrected chi connectivity index (χ4v) is 9.25. The van der Waals surface area contributed by atoms with Crippen LogP contribution >= 0.6 is 0 Å². The van der Waals surface area contributed by atoms with Gasteiger partial charge in [0.05, 0.1) is 41.9 Å². The fourth-order valence-electron chi connectivity index (χ4n) is 9.25. The third kappa shape index (κ3) is 8.96. The summed E-state index contributed by atoms with van der Waals surface area (Å²) in [5, 5.41) is 45.7. The van der Waals surface area contributed by atoms with E-state index in [9.17, 15) is 25.2 Å². The zero-order valence-corrected chi connectivity index (χ0v) is 34.4. The van der Waals surface area contributed by atoms with Crippen LogP contribution in [0.1, 0.15) is 94.9 Å². The van der Waals surface area contributed by atoms with Gasteiger partial charge in [0.2, 0.25) is 0 Å². The van der Waals surface area contributed by atoms with E-state index in [1.807, 2.05) is 34.6 Å². The highest BCUT2D eigenvalue weighted by molar-refractivity contribution is 5.73. The van der Waals surface area contributed by atoms with E-state index in [1.54, 1.807) is 39.8 Å². The maximum absolute atomic E-state index is 14.4. The summed E-state index contributed by atoms with van der Waals surface area (Å²) in [5.41, 5.74) is -3.04. The lowest BCUT2D eigenvalue weighted by molar-refractivity contribution is -0.316. The predicted octanol–water partition coefficient (Wildman–Crippen LogP) is 4.00. The Bertz CT molecular complexity index is 1330. The van der Waals surface area contributed by atoms with E-state index in [-0.39, 0.29) is 25.0 Å². The highest BCUT2D eigenvalue weighted by atomic mass is 16.7. The molecule has 4 N–H and O–H groups in total. The molecule has 17 atom stereocenters. The molecule has 310 valence electrons. The number of carbonyl (C=O) groups is 1. The predicted molar refractivity (Wildman–Crippen MR) is 202 cm³/mol. The standard InChI is InChI=1S/C41H69NO12/c1-14-17-42(18-15-2)28-19-23(5)49-38(31(28)44)53-35-25(7)33(51-30-21-39(10,48-13)34(45)27(9)50-30)26(8)37(46)52-36(41(12,47)29(43)16-3)24(6)32-22(4)20-40(35,11)54-32/h14-15,23-31,33-36,38,43-45,47H,1-2,16-21H2,3-13H3/t23?,24-,25-,26+,27?,28?,29-,30-,31?,33-,34-,35+,36+,38-,39?,40+,41+/m0/s1. The van der Waals surface area contributed by atoms with E-state index in [4.69, 9.17) is 33.2 Å². The van der Waals surface area contributed by atoms with Gasteiger partial charge in [0.1, 0.15) is 41.4 Å². The van der Waals surface area contributed by atoms with Crippen molar-refractivity contribution in [2.24, 2.45) is 17.8 Å². The summed E-state index contributed by atoms with van der Waals surface area (Å²) in [4.78, 5) is 16.5. The molecule has 0 amide bonds. The molecule has 54 heavy (non-hydrogen) atoms. The number of ether oxygens (including phenoxy) is 7. The van der Waals surface area contributed by atoms with Crippen molar-refractivity contribution >= 4 is 5.97 Å². The first-order valence-electron chi connectivity index (χ1n) is 19.7. The Hall–Kier alpha value is -1.91. The van der Waals surface area contributed by atoms with Crippen molar-refractivity contribution in [3.8, 4) is 0 Å². The minimum absolute atomic E-state index is 0.160. The number of aliphatic hydroxyl groups is 4. The van der Waals surface area contributed by atoms with Crippen molar-refractivity contribution in [2.75, 3.05) is 20.2 Å². The second-order valence-corrected chi connectivity index (χ2v) is 16.9. The van der Waals surface area contributed by atoms with Crippen molar-refractivity contribution in [3.05, 3.63) is 36.6 Å². The molecule has 5 unspecified atom stereocenters. The number of cyclic esters (lactones) is 1. The summed E-state index contributed by atoms with van der Waals surface area (Å²) in [6.45, 7) is 26.9. The third-order valence-corrected chi connectivity index (χ3v) is 12.5. The molecule has 4 aliphatic rings. The van der Waals surface area contributed by atoms with E-state index in [0.717, 1.165) is 5.57 Å². The van der Waals surface area contributed by atoms with Gasteiger partial charge in [-0.3, -0.25) is 9.69 Å². The molecule has 0 spiro atoms. The molecule has 0 aromatic rings. The van der Waals surface area contributed by atoms with Crippen LogP contribution in [0.25, 0.3) is 0 Å². The lowest BCUT2D eigenvalue weighted by atomic mass is 9.78. The van der Waals surface area contributed by atoms with Gasteiger partial charge in [0.15, 0.2) is 12.6 Å². The molecule has 3 saturated heterocycles. The highest BCUT2D eigenvalue weighted by Gasteiger charge is 2.57. The number of hydrogen-bond acceptors (Lipinski definition) is 13. The quantitative estimate of drug-likeness (QED) is 0.157. The normalized spacial score (nSPS) is 43.8. The van der Waals surface area contributed by atoms with Crippen molar-refractivity contribution in [3.63, 3.8) is 0 Å². The van der Waals surface area contributed by atoms with E-state index in [1.165, 1.54) is 14.0 Å². The number of hydrogen-bond donors (Lipinski definition) is 4. The minimum Gasteiger partial charge on any atom is -0.488 e. The lowest BCUT2D eigenvalue weighted by Gasteiger charge is -2.49. The molecule has 4 aliphatic heterocycles. The van der Waals surface area contributed by atoms with Crippen LogP contribution in [0.3, 0.4) is 0 Å². The topological polar surface area (TPSA) is 166 Å². The SMILES string of the molecule is C=CCN(CC=C)C1CC(C)O[C@@H](O[C@@H]2[C@@H](C)[C@H](O[C@H]3CC(C)(OC)[C@@H](O)C(C)O3)[C@@H](C)C(=O)O[C@@H]([C@](C)(O)[C@@H](O)CC)[C@@H](C)C3=C(C)C[C@@]2(C)O3)C1O. The van der Waals surface area contributed by atoms with Gasteiger partial charge in [0.25, 0.3) is 0 Å². The van der Waals surface area contributed by atoms with E-state index in [2.05, 4.69) is 18.1 Å². The fraction of sp³-hybridized carbons (Fsp3) is 0.829. The Kier molecular flexibility index (Phi) is 14.7. The summed E-state index contributed by atoms with van der Waals surface area (Å²) in [6.07, 6.45) is -4.14. The molecule has 0 aromatic heterocycles. The first-order chi connectivity index (χ1) is 25.2. The first-order valence-corrected chi connectivity index (χ1v) is 19.7. The second kappa shape index (κ2) is 17.7.